The van der Waals surface area contributed by atoms with E-state index in [1.54, 1.807) is 0 Å². The molecular formula is C28H19NO2. The molecule has 148 valence electrons. The van der Waals surface area contributed by atoms with E-state index in [1.807, 2.05) is 36.4 Å². The number of hydrogen-bond acceptors (Lipinski definition) is 3. The third-order valence-corrected chi connectivity index (χ3v) is 6.69. The number of rotatable bonds is 1. The van der Waals surface area contributed by atoms with Crippen molar-refractivity contribution in [3.05, 3.63) is 90.0 Å². The Labute approximate surface area is 178 Å². The Balaban J connectivity index is 1.52. The van der Waals surface area contributed by atoms with Crippen molar-refractivity contribution in [1.29, 1.82) is 0 Å². The Morgan fingerprint density at radius 2 is 1.42 bits per heavy atom. The van der Waals surface area contributed by atoms with Crippen LogP contribution in [0, 0.1) is 0 Å². The maximum absolute atomic E-state index is 6.18. The molecule has 3 nitrogen and oxygen atoms in total. The van der Waals surface area contributed by atoms with Gasteiger partial charge in [-0.1, -0.05) is 56.3 Å². The molecule has 0 fully saturated rings. The van der Waals surface area contributed by atoms with Crippen molar-refractivity contribution >= 4 is 33.0 Å². The Kier molecular flexibility index (Phi) is 3.07. The molecule has 0 radical (unpaired) electrons. The molecule has 2 heterocycles. The average Bonchev–Trinajstić information content (AvgIpc) is 3.44. The van der Waals surface area contributed by atoms with E-state index >= 15 is 0 Å². The molecule has 0 unspecified atom stereocenters. The fourth-order valence-corrected chi connectivity index (χ4v) is 5.26. The van der Waals surface area contributed by atoms with E-state index in [4.69, 9.17) is 13.8 Å². The molecule has 1 aliphatic rings. The van der Waals surface area contributed by atoms with Crippen LogP contribution in [0.1, 0.15) is 25.0 Å². The molecule has 2 aromatic heterocycles. The van der Waals surface area contributed by atoms with Gasteiger partial charge < -0.3 is 8.83 Å². The van der Waals surface area contributed by atoms with Gasteiger partial charge in [0.1, 0.15) is 16.7 Å². The summed E-state index contributed by atoms with van der Waals surface area (Å²) >= 11 is 0. The van der Waals surface area contributed by atoms with Crippen molar-refractivity contribution < 1.29 is 8.83 Å². The van der Waals surface area contributed by atoms with Crippen molar-refractivity contribution in [3.63, 3.8) is 0 Å². The quantitative estimate of drug-likeness (QED) is 0.283. The summed E-state index contributed by atoms with van der Waals surface area (Å²) in [7, 11) is 0. The summed E-state index contributed by atoms with van der Waals surface area (Å²) in [6.07, 6.45) is 0. The molecule has 0 amide bonds. The molecule has 3 heteroatoms. The second-order valence-corrected chi connectivity index (χ2v) is 8.83. The molecule has 1 aliphatic carbocycles. The fraction of sp³-hybridized carbons (Fsp3) is 0.107. The lowest BCUT2D eigenvalue weighted by molar-refractivity contribution is 0.610. The predicted molar refractivity (Wildman–Crippen MR) is 124 cm³/mol. The standard InChI is InChI=1S/C28H19NO2/c1-28(2)21-14-20-16-8-3-5-12-23(16)30-25(20)15-19(21)17-9-7-10-18(26(17)28)27-29-22-11-4-6-13-24(22)31-27/h3-15H,1-2H3. The molecule has 0 spiro atoms. The number of benzene rings is 4. The topological polar surface area (TPSA) is 39.2 Å². The summed E-state index contributed by atoms with van der Waals surface area (Å²) in [5.41, 5.74) is 9.44. The van der Waals surface area contributed by atoms with Gasteiger partial charge in [0.2, 0.25) is 5.89 Å². The maximum Gasteiger partial charge on any atom is 0.227 e. The van der Waals surface area contributed by atoms with Gasteiger partial charge in [0.25, 0.3) is 0 Å². The van der Waals surface area contributed by atoms with E-state index in [0.29, 0.717) is 5.89 Å². The van der Waals surface area contributed by atoms with Gasteiger partial charge in [-0.15, -0.1) is 0 Å². The molecule has 7 rings (SSSR count). The highest BCUT2D eigenvalue weighted by molar-refractivity contribution is 6.07. The lowest BCUT2D eigenvalue weighted by Crippen LogP contribution is -2.16. The van der Waals surface area contributed by atoms with E-state index in [0.717, 1.165) is 33.2 Å². The van der Waals surface area contributed by atoms with Crippen LogP contribution in [0.25, 0.3) is 55.6 Å². The van der Waals surface area contributed by atoms with Crippen LogP contribution in [-0.2, 0) is 5.41 Å². The highest BCUT2D eigenvalue weighted by Gasteiger charge is 2.39. The first-order chi connectivity index (χ1) is 15.1. The van der Waals surface area contributed by atoms with E-state index in [9.17, 15) is 0 Å². The number of hydrogen-bond donors (Lipinski definition) is 0. The maximum atomic E-state index is 6.18. The first-order valence-electron chi connectivity index (χ1n) is 10.6. The third-order valence-electron chi connectivity index (χ3n) is 6.69. The summed E-state index contributed by atoms with van der Waals surface area (Å²) in [6.45, 7) is 4.58. The smallest absolute Gasteiger partial charge is 0.227 e. The molecule has 6 aromatic rings. The van der Waals surface area contributed by atoms with Crippen LogP contribution in [0.5, 0.6) is 0 Å². The van der Waals surface area contributed by atoms with Gasteiger partial charge in [-0.05, 0) is 58.7 Å². The van der Waals surface area contributed by atoms with Crippen LogP contribution in [-0.4, -0.2) is 4.98 Å². The van der Waals surface area contributed by atoms with Crippen molar-refractivity contribution in [2.75, 3.05) is 0 Å². The fourth-order valence-electron chi connectivity index (χ4n) is 5.26. The monoisotopic (exact) mass is 401 g/mol. The zero-order chi connectivity index (χ0) is 20.7. The Bertz CT molecular complexity index is 1630. The molecule has 31 heavy (non-hydrogen) atoms. The highest BCUT2D eigenvalue weighted by atomic mass is 16.3. The van der Waals surface area contributed by atoms with Crippen LogP contribution >= 0.6 is 0 Å². The highest BCUT2D eigenvalue weighted by Crippen LogP contribution is 2.53. The Morgan fingerprint density at radius 1 is 0.645 bits per heavy atom. The third kappa shape index (κ3) is 2.15. The Hall–Kier alpha value is -3.85. The van der Waals surface area contributed by atoms with E-state index in [1.165, 1.54) is 27.6 Å². The van der Waals surface area contributed by atoms with E-state index in [2.05, 4.69) is 56.3 Å². The van der Waals surface area contributed by atoms with Crippen LogP contribution in [0.15, 0.2) is 87.7 Å². The molecule has 0 saturated carbocycles. The molecule has 0 atom stereocenters. The van der Waals surface area contributed by atoms with Crippen molar-refractivity contribution in [2.45, 2.75) is 19.3 Å². The molecule has 0 saturated heterocycles. The second kappa shape index (κ2) is 5.64. The minimum absolute atomic E-state index is 0.186. The number of aromatic nitrogens is 1. The van der Waals surface area contributed by atoms with Gasteiger partial charge in [-0.3, -0.25) is 0 Å². The zero-order valence-corrected chi connectivity index (χ0v) is 17.3. The summed E-state index contributed by atoms with van der Waals surface area (Å²) in [5.74, 6) is 0.674. The molecular weight excluding hydrogens is 382 g/mol. The lowest BCUT2D eigenvalue weighted by Gasteiger charge is -2.23. The molecule has 0 N–H and O–H groups in total. The van der Waals surface area contributed by atoms with Crippen molar-refractivity contribution in [1.82, 2.24) is 4.98 Å². The lowest BCUT2D eigenvalue weighted by atomic mass is 9.80. The molecule has 4 aromatic carbocycles. The largest absolute Gasteiger partial charge is 0.456 e. The number of nitrogens with zero attached hydrogens (tertiary/aromatic N) is 1. The average molecular weight is 401 g/mol. The normalized spacial score (nSPS) is 14.4. The number of fused-ring (bicyclic) bond motifs is 7. The molecule has 0 aliphatic heterocycles. The summed E-state index contributed by atoms with van der Waals surface area (Å²) in [4.78, 5) is 4.79. The van der Waals surface area contributed by atoms with Gasteiger partial charge in [0.15, 0.2) is 5.58 Å². The Morgan fingerprint density at radius 3 is 2.29 bits per heavy atom. The summed E-state index contributed by atoms with van der Waals surface area (Å²) in [5, 5.41) is 2.32. The van der Waals surface area contributed by atoms with E-state index < -0.39 is 0 Å². The van der Waals surface area contributed by atoms with Gasteiger partial charge in [0.05, 0.1) is 0 Å². The van der Waals surface area contributed by atoms with Gasteiger partial charge >= 0.3 is 0 Å². The van der Waals surface area contributed by atoms with Crippen LogP contribution in [0.3, 0.4) is 0 Å². The van der Waals surface area contributed by atoms with Crippen LogP contribution in [0.4, 0.5) is 0 Å². The summed E-state index contributed by atoms with van der Waals surface area (Å²) in [6, 6.07) is 27.1. The van der Waals surface area contributed by atoms with Gasteiger partial charge in [-0.2, -0.15) is 0 Å². The molecule has 0 bridgehead atoms. The number of para-hydroxylation sites is 3. The predicted octanol–water partition coefficient (Wildman–Crippen LogP) is 7.70. The summed E-state index contributed by atoms with van der Waals surface area (Å²) < 4.78 is 12.3. The van der Waals surface area contributed by atoms with Crippen LogP contribution in [0.2, 0.25) is 0 Å². The van der Waals surface area contributed by atoms with E-state index in [-0.39, 0.29) is 5.41 Å². The first-order valence-corrected chi connectivity index (χ1v) is 10.6. The number of furan rings is 1. The van der Waals surface area contributed by atoms with Crippen molar-refractivity contribution in [2.24, 2.45) is 0 Å². The van der Waals surface area contributed by atoms with Crippen molar-refractivity contribution in [3.8, 4) is 22.6 Å². The van der Waals surface area contributed by atoms with Crippen LogP contribution < -0.4 is 0 Å². The van der Waals surface area contributed by atoms with Gasteiger partial charge in [-0.25, -0.2) is 4.98 Å². The first kappa shape index (κ1) is 16.9. The SMILES string of the molecule is CC1(C)c2cc3c(cc2-c2cccc(-c4nc5ccccc5o4)c21)oc1ccccc13. The zero-order valence-electron chi connectivity index (χ0n) is 17.3. The second-order valence-electron chi connectivity index (χ2n) is 8.83. The van der Waals surface area contributed by atoms with Gasteiger partial charge in [0, 0.05) is 21.8 Å². The number of oxazole rings is 1. The minimum Gasteiger partial charge on any atom is -0.456 e. The minimum atomic E-state index is -0.186.